The number of hydrogen-bond donors (Lipinski definition) is 2. The number of barbiturate groups is 1. The number of anilines is 1. The van der Waals surface area contributed by atoms with Crippen molar-refractivity contribution < 1.29 is 32.3 Å². The summed E-state index contributed by atoms with van der Waals surface area (Å²) in [6.45, 7) is 0. The Morgan fingerprint density at radius 2 is 1.81 bits per heavy atom. The van der Waals surface area contributed by atoms with Crippen LogP contribution in [0.5, 0.6) is 0 Å². The van der Waals surface area contributed by atoms with Crippen LogP contribution in [0.1, 0.15) is 15.9 Å². The molecular weight excluding hydrogens is 441 g/mol. The number of hydrazone groups is 1. The fourth-order valence-electron chi connectivity index (χ4n) is 2.62. The van der Waals surface area contributed by atoms with Crippen molar-refractivity contribution in [1.82, 2.24) is 10.7 Å². The average molecular weight is 453 g/mol. The molecule has 1 atom stereocenters. The lowest BCUT2D eigenvalue weighted by Crippen LogP contribution is -2.58. The van der Waals surface area contributed by atoms with Crippen LogP contribution in [0.25, 0.3) is 0 Å². The summed E-state index contributed by atoms with van der Waals surface area (Å²) in [6, 6.07) is 8.07. The number of hydrogen-bond acceptors (Lipinski definition) is 5. The molecule has 2 aromatic carbocycles. The Morgan fingerprint density at radius 1 is 1.13 bits per heavy atom. The number of amides is 5. The van der Waals surface area contributed by atoms with Gasteiger partial charge in [-0.15, -0.1) is 0 Å². The molecule has 0 aliphatic carbocycles. The third-order valence-corrected chi connectivity index (χ3v) is 4.38. The molecule has 8 nitrogen and oxygen atoms in total. The lowest BCUT2D eigenvalue weighted by Gasteiger charge is -2.28. The van der Waals surface area contributed by atoms with Crippen LogP contribution in [0.2, 0.25) is 5.02 Å². The third-order valence-electron chi connectivity index (χ3n) is 4.13. The van der Waals surface area contributed by atoms with Crippen LogP contribution < -0.4 is 15.6 Å². The van der Waals surface area contributed by atoms with Crippen LogP contribution in [0.4, 0.5) is 23.7 Å². The van der Waals surface area contributed by atoms with E-state index >= 15 is 0 Å². The van der Waals surface area contributed by atoms with Gasteiger partial charge in [0.05, 0.1) is 11.3 Å². The van der Waals surface area contributed by atoms with Crippen molar-refractivity contribution in [2.24, 2.45) is 11.0 Å². The van der Waals surface area contributed by atoms with Crippen LogP contribution >= 0.6 is 11.6 Å². The summed E-state index contributed by atoms with van der Waals surface area (Å²) >= 11 is 5.73. The van der Waals surface area contributed by atoms with E-state index in [4.69, 9.17) is 11.6 Å². The van der Waals surface area contributed by atoms with E-state index in [1.807, 2.05) is 5.32 Å². The van der Waals surface area contributed by atoms with Crippen molar-refractivity contribution in [3.05, 3.63) is 64.7 Å². The molecule has 1 heterocycles. The minimum atomic E-state index is -4.70. The third kappa shape index (κ3) is 4.89. The van der Waals surface area contributed by atoms with E-state index in [2.05, 4.69) is 10.5 Å². The Hall–Kier alpha value is -3.73. The Kier molecular flexibility index (Phi) is 6.07. The molecule has 31 heavy (non-hydrogen) atoms. The highest BCUT2D eigenvalue weighted by Crippen LogP contribution is 2.32. The molecule has 0 radical (unpaired) electrons. The molecule has 0 saturated carbocycles. The van der Waals surface area contributed by atoms with Crippen molar-refractivity contribution in [3.63, 3.8) is 0 Å². The van der Waals surface area contributed by atoms with E-state index in [1.165, 1.54) is 24.3 Å². The average Bonchev–Trinajstić information content (AvgIpc) is 2.70. The van der Waals surface area contributed by atoms with Gasteiger partial charge < -0.3 is 0 Å². The second kappa shape index (κ2) is 8.56. The zero-order valence-electron chi connectivity index (χ0n) is 15.3. The molecule has 0 aromatic heterocycles. The minimum Gasteiger partial charge on any atom is -0.276 e. The first-order valence-electron chi connectivity index (χ1n) is 8.53. The lowest BCUT2D eigenvalue weighted by atomic mass is 10.1. The molecule has 0 spiro atoms. The molecule has 1 fully saturated rings. The van der Waals surface area contributed by atoms with Gasteiger partial charge in [0.2, 0.25) is 5.91 Å². The van der Waals surface area contributed by atoms with E-state index in [9.17, 15) is 32.3 Å². The maximum atomic E-state index is 12.9. The molecule has 5 amide bonds. The molecule has 3 rings (SSSR count). The first-order chi connectivity index (χ1) is 14.6. The molecule has 12 heteroatoms. The van der Waals surface area contributed by atoms with Crippen molar-refractivity contribution in [3.8, 4) is 0 Å². The Labute approximate surface area is 177 Å². The Balaban J connectivity index is 1.79. The van der Waals surface area contributed by atoms with E-state index in [-0.39, 0.29) is 11.3 Å². The van der Waals surface area contributed by atoms with Gasteiger partial charge in [0, 0.05) is 16.8 Å². The molecular formula is C19H12ClF3N4O4. The predicted octanol–water partition coefficient (Wildman–Crippen LogP) is 2.97. The zero-order valence-corrected chi connectivity index (χ0v) is 16.1. The number of nitrogens with zero attached hydrogens (tertiary/aromatic N) is 2. The summed E-state index contributed by atoms with van der Waals surface area (Å²) in [4.78, 5) is 49.1. The fraction of sp³-hybridized carbons (Fsp3) is 0.105. The topological polar surface area (TPSA) is 108 Å². The first-order valence-corrected chi connectivity index (χ1v) is 8.91. The molecule has 1 aliphatic heterocycles. The Bertz CT molecular complexity index is 1090. The predicted molar refractivity (Wildman–Crippen MR) is 103 cm³/mol. The number of carbonyl (C=O) groups excluding carboxylic acids is 4. The van der Waals surface area contributed by atoms with Gasteiger partial charge in [0.15, 0.2) is 5.92 Å². The Morgan fingerprint density at radius 3 is 2.45 bits per heavy atom. The van der Waals surface area contributed by atoms with Gasteiger partial charge in [-0.05, 0) is 42.5 Å². The van der Waals surface area contributed by atoms with E-state index in [0.29, 0.717) is 16.0 Å². The molecule has 0 unspecified atom stereocenters. The number of alkyl halides is 3. The summed E-state index contributed by atoms with van der Waals surface area (Å²) in [5, 5.41) is 5.82. The lowest BCUT2D eigenvalue weighted by molar-refractivity contribution is -0.138. The summed E-state index contributed by atoms with van der Waals surface area (Å²) in [6.07, 6.45) is -3.92. The molecule has 0 bridgehead atoms. The number of benzene rings is 2. The van der Waals surface area contributed by atoms with E-state index in [1.54, 1.807) is 0 Å². The quantitative estimate of drug-likeness (QED) is 0.422. The monoisotopic (exact) mass is 452 g/mol. The summed E-state index contributed by atoms with van der Waals surface area (Å²) in [7, 11) is 0. The van der Waals surface area contributed by atoms with Gasteiger partial charge >= 0.3 is 12.2 Å². The molecule has 160 valence electrons. The minimum absolute atomic E-state index is 0.196. The van der Waals surface area contributed by atoms with Crippen molar-refractivity contribution in [1.29, 1.82) is 0 Å². The van der Waals surface area contributed by atoms with Gasteiger partial charge in [-0.1, -0.05) is 17.7 Å². The van der Waals surface area contributed by atoms with Crippen molar-refractivity contribution in [2.75, 3.05) is 4.90 Å². The SMILES string of the molecule is O=C(N/N=C\[C@H]1C(=O)NC(=O)N(c2cccc(C(F)(F)F)c2)C1=O)c1ccc(Cl)cc1. The highest BCUT2D eigenvalue weighted by atomic mass is 35.5. The number of imide groups is 2. The van der Waals surface area contributed by atoms with Gasteiger partial charge in [-0.2, -0.15) is 18.3 Å². The zero-order chi connectivity index (χ0) is 22.8. The largest absolute Gasteiger partial charge is 0.416 e. The summed E-state index contributed by atoms with van der Waals surface area (Å²) < 4.78 is 38.8. The number of halogens is 4. The first kappa shape index (κ1) is 22.0. The van der Waals surface area contributed by atoms with Gasteiger partial charge in [0.1, 0.15) is 0 Å². The van der Waals surface area contributed by atoms with E-state index < -0.39 is 41.4 Å². The normalized spacial score (nSPS) is 17.1. The molecule has 2 N–H and O–H groups in total. The highest BCUT2D eigenvalue weighted by Gasteiger charge is 2.41. The maximum Gasteiger partial charge on any atom is 0.416 e. The molecule has 1 aliphatic rings. The summed E-state index contributed by atoms with van der Waals surface area (Å²) in [5.41, 5.74) is 0.839. The van der Waals surface area contributed by atoms with Crippen LogP contribution in [0.3, 0.4) is 0 Å². The van der Waals surface area contributed by atoms with E-state index in [0.717, 1.165) is 24.4 Å². The standard InChI is InChI=1S/C19H12ClF3N4O4/c20-12-6-4-10(5-7-12)15(28)26-24-9-14-16(29)25-18(31)27(17(14)30)13-3-1-2-11(8-13)19(21,22)23/h1-9,14H,(H,26,28)(H,25,29,31)/b24-9-/t14-/m0/s1. The van der Waals surface area contributed by atoms with Gasteiger partial charge in [-0.3, -0.25) is 19.7 Å². The van der Waals surface area contributed by atoms with Crippen LogP contribution in [-0.2, 0) is 15.8 Å². The number of urea groups is 1. The number of carbonyl (C=O) groups is 4. The van der Waals surface area contributed by atoms with Crippen molar-refractivity contribution in [2.45, 2.75) is 6.18 Å². The number of nitrogens with one attached hydrogen (secondary N) is 2. The molecule has 2 aromatic rings. The summed E-state index contributed by atoms with van der Waals surface area (Å²) in [5.74, 6) is -4.49. The second-order valence-corrected chi connectivity index (χ2v) is 6.66. The number of rotatable bonds is 4. The maximum absolute atomic E-state index is 12.9. The van der Waals surface area contributed by atoms with Crippen LogP contribution in [0.15, 0.2) is 53.6 Å². The fourth-order valence-corrected chi connectivity index (χ4v) is 2.75. The smallest absolute Gasteiger partial charge is 0.276 e. The van der Waals surface area contributed by atoms with Crippen LogP contribution in [-0.4, -0.2) is 30.0 Å². The van der Waals surface area contributed by atoms with Gasteiger partial charge in [-0.25, -0.2) is 15.1 Å². The highest BCUT2D eigenvalue weighted by molar-refractivity contribution is 6.32. The molecule has 1 saturated heterocycles. The second-order valence-electron chi connectivity index (χ2n) is 6.22. The van der Waals surface area contributed by atoms with Crippen molar-refractivity contribution >= 4 is 47.3 Å². The van der Waals surface area contributed by atoms with Crippen LogP contribution in [0, 0.1) is 5.92 Å². The van der Waals surface area contributed by atoms with Gasteiger partial charge in [0.25, 0.3) is 11.8 Å².